The first kappa shape index (κ1) is 9.23. The van der Waals surface area contributed by atoms with E-state index in [1.807, 2.05) is 11.3 Å². The molecule has 0 spiro atoms. The highest BCUT2D eigenvalue weighted by Crippen LogP contribution is 2.37. The second-order valence-electron chi connectivity index (χ2n) is 5.18. The molecule has 2 nitrogen and oxygen atoms in total. The van der Waals surface area contributed by atoms with Gasteiger partial charge in [-0.2, -0.15) is 0 Å². The minimum atomic E-state index is 0.674. The van der Waals surface area contributed by atoms with Gasteiger partial charge in [0.1, 0.15) is 0 Å². The summed E-state index contributed by atoms with van der Waals surface area (Å²) >= 11 is 1.93. The van der Waals surface area contributed by atoms with E-state index in [1.54, 1.807) is 10.6 Å². The molecule has 0 amide bonds. The fraction of sp³-hybridized carbons (Fsp3) is 0.615. The normalized spacial score (nSPS) is 23.7. The second kappa shape index (κ2) is 3.10. The smallest absolute Gasteiger partial charge is 0.194 e. The van der Waals surface area contributed by atoms with Crippen LogP contribution < -0.4 is 0 Å². The number of hydrogen-bond acceptors (Lipinski definition) is 2. The van der Waals surface area contributed by atoms with Crippen molar-refractivity contribution in [1.82, 2.24) is 9.38 Å². The highest BCUT2D eigenvalue weighted by molar-refractivity contribution is 7.17. The molecular formula is C13H16N2S. The minimum absolute atomic E-state index is 0.674. The Hall–Kier alpha value is -0.830. The molecule has 0 saturated heterocycles. The first-order valence-corrected chi connectivity index (χ1v) is 7.18. The van der Waals surface area contributed by atoms with E-state index in [4.69, 9.17) is 4.98 Å². The molecule has 0 aromatic carbocycles. The molecule has 2 aromatic heterocycles. The van der Waals surface area contributed by atoms with Gasteiger partial charge in [-0.3, -0.25) is 4.40 Å². The lowest BCUT2D eigenvalue weighted by molar-refractivity contribution is 0.569. The van der Waals surface area contributed by atoms with Crippen molar-refractivity contribution >= 4 is 16.3 Å². The molecule has 2 aliphatic carbocycles. The highest BCUT2D eigenvalue weighted by atomic mass is 32.1. The van der Waals surface area contributed by atoms with Crippen LogP contribution in [0, 0.1) is 0 Å². The molecule has 1 unspecified atom stereocenters. The fourth-order valence-electron chi connectivity index (χ4n) is 3.30. The van der Waals surface area contributed by atoms with Gasteiger partial charge in [0.15, 0.2) is 4.96 Å². The maximum Gasteiger partial charge on any atom is 0.194 e. The fourth-order valence-corrected chi connectivity index (χ4v) is 4.53. The lowest BCUT2D eigenvalue weighted by atomic mass is 9.91. The van der Waals surface area contributed by atoms with E-state index in [-0.39, 0.29) is 0 Å². The third kappa shape index (κ3) is 1.05. The maximum atomic E-state index is 4.88. The van der Waals surface area contributed by atoms with Crippen LogP contribution in [0.2, 0.25) is 0 Å². The first-order valence-electron chi connectivity index (χ1n) is 6.36. The van der Waals surface area contributed by atoms with Crippen molar-refractivity contribution in [3.05, 3.63) is 22.0 Å². The Labute approximate surface area is 99.3 Å². The summed E-state index contributed by atoms with van der Waals surface area (Å²) in [5, 5.41) is 0. The van der Waals surface area contributed by atoms with Crippen molar-refractivity contribution in [2.24, 2.45) is 0 Å². The van der Waals surface area contributed by atoms with Gasteiger partial charge >= 0.3 is 0 Å². The maximum absolute atomic E-state index is 4.88. The summed E-state index contributed by atoms with van der Waals surface area (Å²) in [6.45, 7) is 2.33. The van der Waals surface area contributed by atoms with Crippen LogP contribution in [0.3, 0.4) is 0 Å². The van der Waals surface area contributed by atoms with Gasteiger partial charge in [-0.15, -0.1) is 11.3 Å². The van der Waals surface area contributed by atoms with E-state index in [0.717, 1.165) is 0 Å². The van der Waals surface area contributed by atoms with E-state index in [9.17, 15) is 0 Å². The Morgan fingerprint density at radius 3 is 3.00 bits per heavy atom. The van der Waals surface area contributed by atoms with Crippen LogP contribution in [-0.2, 0) is 19.3 Å². The topological polar surface area (TPSA) is 17.3 Å². The van der Waals surface area contributed by atoms with E-state index < -0.39 is 0 Å². The standard InChI is InChI=1S/C13H16N2S/c1-8-4-2-6-10-12(8)14-13-15(10)9-5-3-7-11(9)16-13/h8H,2-7H2,1H3. The van der Waals surface area contributed by atoms with E-state index in [0.29, 0.717) is 5.92 Å². The number of aryl methyl sites for hydroxylation is 3. The zero-order valence-corrected chi connectivity index (χ0v) is 10.4. The minimum Gasteiger partial charge on any atom is -0.291 e. The number of imidazole rings is 1. The highest BCUT2D eigenvalue weighted by Gasteiger charge is 2.27. The van der Waals surface area contributed by atoms with Crippen molar-refractivity contribution in [2.45, 2.75) is 51.4 Å². The Bertz CT molecular complexity index is 564. The lowest BCUT2D eigenvalue weighted by Crippen LogP contribution is -2.08. The number of nitrogens with zero attached hydrogens (tertiary/aromatic N) is 2. The first-order chi connectivity index (χ1) is 7.84. The zero-order valence-electron chi connectivity index (χ0n) is 9.62. The molecule has 2 aliphatic rings. The van der Waals surface area contributed by atoms with Crippen LogP contribution in [0.15, 0.2) is 0 Å². The molecule has 84 valence electrons. The predicted octanol–water partition coefficient (Wildman–Crippen LogP) is 3.32. The number of hydrogen-bond donors (Lipinski definition) is 0. The van der Waals surface area contributed by atoms with Gasteiger partial charge in [0.25, 0.3) is 0 Å². The van der Waals surface area contributed by atoms with Gasteiger partial charge in [-0.25, -0.2) is 4.98 Å². The summed E-state index contributed by atoms with van der Waals surface area (Å²) in [7, 11) is 0. The molecule has 1 atom stereocenters. The molecule has 0 saturated carbocycles. The molecule has 0 N–H and O–H groups in total. The zero-order chi connectivity index (χ0) is 10.7. The van der Waals surface area contributed by atoms with Crippen molar-refractivity contribution in [3.63, 3.8) is 0 Å². The van der Waals surface area contributed by atoms with Gasteiger partial charge in [0, 0.05) is 22.2 Å². The van der Waals surface area contributed by atoms with Gasteiger partial charge in [-0.05, 0) is 38.5 Å². The van der Waals surface area contributed by atoms with E-state index >= 15 is 0 Å². The van der Waals surface area contributed by atoms with Gasteiger partial charge in [-0.1, -0.05) is 6.92 Å². The summed E-state index contributed by atoms with van der Waals surface area (Å²) in [5.74, 6) is 0.674. The molecule has 2 aromatic rings. The molecule has 0 fully saturated rings. The van der Waals surface area contributed by atoms with Crippen LogP contribution in [0.1, 0.15) is 54.1 Å². The summed E-state index contributed by atoms with van der Waals surface area (Å²) in [6, 6.07) is 0. The second-order valence-corrected chi connectivity index (χ2v) is 6.24. The van der Waals surface area contributed by atoms with Crippen LogP contribution in [-0.4, -0.2) is 9.38 Å². The number of rotatable bonds is 0. The summed E-state index contributed by atoms with van der Waals surface area (Å²) in [6.07, 6.45) is 7.80. The van der Waals surface area contributed by atoms with Crippen molar-refractivity contribution in [2.75, 3.05) is 0 Å². The molecule has 16 heavy (non-hydrogen) atoms. The molecule has 3 heteroatoms. The summed E-state index contributed by atoms with van der Waals surface area (Å²) < 4.78 is 2.50. The average Bonchev–Trinajstić information content (AvgIpc) is 2.87. The molecule has 0 aliphatic heterocycles. The summed E-state index contributed by atoms with van der Waals surface area (Å²) in [4.78, 5) is 7.75. The van der Waals surface area contributed by atoms with Crippen molar-refractivity contribution in [3.8, 4) is 0 Å². The molecular weight excluding hydrogens is 216 g/mol. The molecule has 2 heterocycles. The van der Waals surface area contributed by atoms with Crippen LogP contribution in [0.4, 0.5) is 0 Å². The van der Waals surface area contributed by atoms with Crippen molar-refractivity contribution in [1.29, 1.82) is 0 Å². The predicted molar refractivity (Wildman–Crippen MR) is 66.4 cm³/mol. The van der Waals surface area contributed by atoms with Gasteiger partial charge in [0.05, 0.1) is 5.69 Å². The lowest BCUT2D eigenvalue weighted by Gasteiger charge is -2.17. The number of thiazole rings is 1. The van der Waals surface area contributed by atoms with Crippen molar-refractivity contribution < 1.29 is 0 Å². The van der Waals surface area contributed by atoms with Crippen LogP contribution in [0.25, 0.3) is 4.96 Å². The van der Waals surface area contributed by atoms with Crippen LogP contribution in [0.5, 0.6) is 0 Å². The third-order valence-electron chi connectivity index (χ3n) is 4.11. The Morgan fingerprint density at radius 2 is 2.06 bits per heavy atom. The third-order valence-corrected chi connectivity index (χ3v) is 5.26. The average molecular weight is 232 g/mol. The van der Waals surface area contributed by atoms with E-state index in [2.05, 4.69) is 11.3 Å². The van der Waals surface area contributed by atoms with E-state index in [1.165, 1.54) is 54.9 Å². The Morgan fingerprint density at radius 1 is 1.19 bits per heavy atom. The Balaban J connectivity index is 2.04. The number of aromatic nitrogens is 2. The summed E-state index contributed by atoms with van der Waals surface area (Å²) in [5.41, 5.74) is 4.52. The Kier molecular flexibility index (Phi) is 1.79. The largest absolute Gasteiger partial charge is 0.291 e. The van der Waals surface area contributed by atoms with Crippen LogP contribution >= 0.6 is 11.3 Å². The molecule has 0 radical (unpaired) electrons. The molecule has 4 rings (SSSR count). The van der Waals surface area contributed by atoms with Gasteiger partial charge < -0.3 is 0 Å². The molecule has 0 bridgehead atoms. The SMILES string of the molecule is CC1CCCc2c1nc1sc3c(n21)CCC3. The monoisotopic (exact) mass is 232 g/mol. The quantitative estimate of drug-likeness (QED) is 0.681. The number of fused-ring (bicyclic) bond motifs is 5. The van der Waals surface area contributed by atoms with Gasteiger partial charge in [0.2, 0.25) is 0 Å².